The molecule has 0 spiro atoms. The van der Waals surface area contributed by atoms with Crippen molar-refractivity contribution in [2.75, 3.05) is 0 Å². The van der Waals surface area contributed by atoms with Gasteiger partial charge in [-0.25, -0.2) is 22.9 Å². The number of carboxylic acid groups (broad SMARTS) is 1. The molecule has 0 aliphatic heterocycles. The van der Waals surface area contributed by atoms with E-state index in [0.29, 0.717) is 22.4 Å². The number of benzene rings is 2. The lowest BCUT2D eigenvalue weighted by Gasteiger charge is -2.12. The average molecular weight is 458 g/mol. The molecule has 140 valence electrons. The van der Waals surface area contributed by atoms with Crippen LogP contribution < -0.4 is 4.74 Å². The van der Waals surface area contributed by atoms with Crippen LogP contribution in [0.25, 0.3) is 0 Å². The second kappa shape index (κ2) is 8.10. The van der Waals surface area contributed by atoms with Gasteiger partial charge in [-0.3, -0.25) is 0 Å². The quantitative estimate of drug-likeness (QED) is 0.517. The number of nitrogens with zero attached hydrogens (tertiary/aromatic N) is 1. The molecule has 27 heavy (non-hydrogen) atoms. The van der Waals surface area contributed by atoms with Crippen molar-refractivity contribution in [3.63, 3.8) is 0 Å². The molecule has 0 atom stereocenters. The Morgan fingerprint density at radius 3 is 2.63 bits per heavy atom. The van der Waals surface area contributed by atoms with Gasteiger partial charge in [0, 0.05) is 21.8 Å². The monoisotopic (exact) mass is 457 g/mol. The van der Waals surface area contributed by atoms with Gasteiger partial charge in [0.05, 0.1) is 10.6 Å². The van der Waals surface area contributed by atoms with Crippen molar-refractivity contribution in [2.45, 2.75) is 13.0 Å². The summed E-state index contributed by atoms with van der Waals surface area (Å²) in [6.45, 7) is -0.498. The minimum absolute atomic E-state index is 0.0589. The Kier molecular flexibility index (Phi) is 5.81. The standard InChI is InChI=1S/C18H11BrF3NO3S/c19-10-1-4-15(26-7-11-12(20)2-3-13(21)17(11)22)9(5-10)6-16-23-14(8-27-16)18(24)25/h1-5,8H,6-7H2,(H,24,25). The molecule has 0 amide bonds. The summed E-state index contributed by atoms with van der Waals surface area (Å²) in [7, 11) is 0. The Hall–Kier alpha value is -2.39. The topological polar surface area (TPSA) is 59.4 Å². The van der Waals surface area contributed by atoms with E-state index in [-0.39, 0.29) is 12.1 Å². The summed E-state index contributed by atoms with van der Waals surface area (Å²) in [5.41, 5.74) is 0.0653. The van der Waals surface area contributed by atoms with E-state index in [1.165, 1.54) is 16.7 Å². The SMILES string of the molecule is O=C(O)c1csc(Cc2cc(Br)ccc2OCc2c(F)ccc(F)c2F)n1. The Morgan fingerprint density at radius 2 is 1.93 bits per heavy atom. The van der Waals surface area contributed by atoms with Gasteiger partial charge in [-0.2, -0.15) is 0 Å². The van der Waals surface area contributed by atoms with Crippen LogP contribution in [0.4, 0.5) is 13.2 Å². The van der Waals surface area contributed by atoms with E-state index < -0.39 is 35.6 Å². The minimum Gasteiger partial charge on any atom is -0.488 e. The van der Waals surface area contributed by atoms with E-state index in [2.05, 4.69) is 20.9 Å². The van der Waals surface area contributed by atoms with Gasteiger partial charge in [-0.15, -0.1) is 11.3 Å². The lowest BCUT2D eigenvalue weighted by Crippen LogP contribution is -2.05. The number of carboxylic acids is 1. The van der Waals surface area contributed by atoms with Gasteiger partial charge in [0.15, 0.2) is 17.3 Å². The number of aromatic carboxylic acids is 1. The molecule has 1 heterocycles. The molecule has 0 saturated carbocycles. The van der Waals surface area contributed by atoms with Crippen molar-refractivity contribution >= 4 is 33.2 Å². The molecule has 3 aromatic rings. The first-order chi connectivity index (χ1) is 12.8. The van der Waals surface area contributed by atoms with E-state index in [0.717, 1.165) is 10.5 Å². The molecule has 4 nitrogen and oxygen atoms in total. The highest BCUT2D eigenvalue weighted by Gasteiger charge is 2.16. The third-order valence-electron chi connectivity index (χ3n) is 3.65. The maximum atomic E-state index is 13.8. The summed E-state index contributed by atoms with van der Waals surface area (Å²) in [6.07, 6.45) is 0.265. The van der Waals surface area contributed by atoms with Crippen LogP contribution in [0.5, 0.6) is 5.75 Å². The summed E-state index contributed by atoms with van der Waals surface area (Å²) in [6, 6.07) is 6.56. The second-order valence-corrected chi connectivity index (χ2v) is 7.33. The first-order valence-corrected chi connectivity index (χ1v) is 9.23. The van der Waals surface area contributed by atoms with Crippen LogP contribution in [0.1, 0.15) is 26.6 Å². The van der Waals surface area contributed by atoms with Gasteiger partial charge in [0.2, 0.25) is 0 Å². The molecular formula is C18H11BrF3NO3S. The normalized spacial score (nSPS) is 10.8. The third kappa shape index (κ3) is 4.48. The molecule has 9 heteroatoms. The van der Waals surface area contributed by atoms with Gasteiger partial charge in [-0.1, -0.05) is 15.9 Å². The molecular weight excluding hydrogens is 447 g/mol. The first kappa shape index (κ1) is 19.4. The van der Waals surface area contributed by atoms with Crippen LogP contribution in [-0.4, -0.2) is 16.1 Å². The van der Waals surface area contributed by atoms with E-state index in [4.69, 9.17) is 9.84 Å². The molecule has 0 saturated heterocycles. The van der Waals surface area contributed by atoms with Crippen LogP contribution >= 0.6 is 27.3 Å². The summed E-state index contributed by atoms with van der Waals surface area (Å²) in [5.74, 6) is -4.15. The molecule has 0 bridgehead atoms. The number of rotatable bonds is 6. The predicted molar refractivity (Wildman–Crippen MR) is 96.7 cm³/mol. The van der Waals surface area contributed by atoms with Crippen LogP contribution in [0.2, 0.25) is 0 Å². The highest BCUT2D eigenvalue weighted by atomic mass is 79.9. The molecule has 0 radical (unpaired) electrons. The van der Waals surface area contributed by atoms with Crippen LogP contribution in [0.3, 0.4) is 0 Å². The molecule has 0 unspecified atom stereocenters. The fourth-order valence-electron chi connectivity index (χ4n) is 2.33. The molecule has 3 rings (SSSR count). The van der Waals surface area contributed by atoms with Crippen LogP contribution in [0.15, 0.2) is 40.2 Å². The van der Waals surface area contributed by atoms with Crippen molar-refractivity contribution in [1.82, 2.24) is 4.98 Å². The van der Waals surface area contributed by atoms with E-state index >= 15 is 0 Å². The van der Waals surface area contributed by atoms with Crippen molar-refractivity contribution in [1.29, 1.82) is 0 Å². The van der Waals surface area contributed by atoms with Crippen LogP contribution in [0, 0.1) is 17.5 Å². The van der Waals surface area contributed by atoms with Gasteiger partial charge in [-0.05, 0) is 30.3 Å². The fraction of sp³-hybridized carbons (Fsp3) is 0.111. The molecule has 0 aliphatic rings. The van der Waals surface area contributed by atoms with Crippen molar-refractivity contribution in [3.05, 3.63) is 79.5 Å². The highest BCUT2D eigenvalue weighted by molar-refractivity contribution is 9.10. The summed E-state index contributed by atoms with van der Waals surface area (Å²) >= 11 is 4.51. The fourth-order valence-corrected chi connectivity index (χ4v) is 3.53. The van der Waals surface area contributed by atoms with E-state index in [1.54, 1.807) is 18.2 Å². The summed E-state index contributed by atoms with van der Waals surface area (Å²) in [4.78, 5) is 15.0. The lowest BCUT2D eigenvalue weighted by atomic mass is 10.1. The molecule has 0 aliphatic carbocycles. The van der Waals surface area contributed by atoms with E-state index in [1.807, 2.05) is 0 Å². The highest BCUT2D eigenvalue weighted by Crippen LogP contribution is 2.28. The molecule has 1 N–H and O–H groups in total. The number of halogens is 4. The molecule has 2 aromatic carbocycles. The van der Waals surface area contributed by atoms with Crippen molar-refractivity contribution < 1.29 is 27.8 Å². The Balaban J connectivity index is 1.84. The summed E-state index contributed by atoms with van der Waals surface area (Å²) in [5, 5.41) is 10.9. The lowest BCUT2D eigenvalue weighted by molar-refractivity contribution is 0.0691. The average Bonchev–Trinajstić information content (AvgIpc) is 3.09. The largest absolute Gasteiger partial charge is 0.488 e. The predicted octanol–water partition coefficient (Wildman–Crippen LogP) is 5.19. The smallest absolute Gasteiger partial charge is 0.355 e. The molecule has 1 aromatic heterocycles. The van der Waals surface area contributed by atoms with E-state index in [9.17, 15) is 18.0 Å². The maximum absolute atomic E-state index is 13.8. The first-order valence-electron chi connectivity index (χ1n) is 7.56. The van der Waals surface area contributed by atoms with Gasteiger partial charge >= 0.3 is 5.97 Å². The van der Waals surface area contributed by atoms with Gasteiger partial charge in [0.1, 0.15) is 18.2 Å². The minimum atomic E-state index is -1.29. The Morgan fingerprint density at radius 1 is 1.19 bits per heavy atom. The zero-order valence-corrected chi connectivity index (χ0v) is 15.9. The number of ether oxygens (including phenoxy) is 1. The number of thiazole rings is 1. The van der Waals surface area contributed by atoms with Gasteiger partial charge < -0.3 is 9.84 Å². The number of aromatic nitrogens is 1. The third-order valence-corrected chi connectivity index (χ3v) is 4.99. The zero-order valence-electron chi connectivity index (χ0n) is 13.5. The zero-order chi connectivity index (χ0) is 19.6. The van der Waals surface area contributed by atoms with Crippen molar-refractivity contribution in [3.8, 4) is 5.75 Å². The second-order valence-electron chi connectivity index (χ2n) is 5.47. The van der Waals surface area contributed by atoms with Gasteiger partial charge in [0.25, 0.3) is 0 Å². The van der Waals surface area contributed by atoms with Crippen molar-refractivity contribution in [2.24, 2.45) is 0 Å². The maximum Gasteiger partial charge on any atom is 0.355 e. The number of hydrogen-bond acceptors (Lipinski definition) is 4. The summed E-state index contributed by atoms with van der Waals surface area (Å²) < 4.78 is 47.1. The van der Waals surface area contributed by atoms with Crippen LogP contribution in [-0.2, 0) is 13.0 Å². The number of hydrogen-bond donors (Lipinski definition) is 1. The number of carbonyl (C=O) groups is 1. The molecule has 0 fully saturated rings. The Bertz CT molecular complexity index is 1010. The Labute approximate surface area is 164 Å².